The largest absolute Gasteiger partial charge is 0.392 e. The van der Waals surface area contributed by atoms with Gasteiger partial charge in [0.1, 0.15) is 4.88 Å². The number of likely N-dealkylation sites (N-methyl/N-ethyl adjacent to an activating group) is 1. The summed E-state index contributed by atoms with van der Waals surface area (Å²) in [5, 5.41) is 13.0. The van der Waals surface area contributed by atoms with E-state index >= 15 is 0 Å². The number of carbonyl (C=O) groups is 1. The SMILES string of the molecule is Cc1[n+]#csc1-c1ccc(CNC(=O)C2CC(O)CN2C)c(C2CCN(C)CC2)c1. The predicted octanol–water partition coefficient (Wildman–Crippen LogP) is 1.61. The minimum atomic E-state index is -0.417. The summed E-state index contributed by atoms with van der Waals surface area (Å²) in [6.07, 6.45) is 2.35. The van der Waals surface area contributed by atoms with Gasteiger partial charge in [-0.2, -0.15) is 0 Å². The number of aliphatic hydroxyl groups excluding tert-OH is 1. The zero-order chi connectivity index (χ0) is 21.3. The van der Waals surface area contributed by atoms with Crippen LogP contribution in [-0.4, -0.2) is 66.7 Å². The molecule has 2 unspecified atom stereocenters. The number of aliphatic hydroxyl groups is 1. The van der Waals surface area contributed by atoms with Gasteiger partial charge in [0.15, 0.2) is 0 Å². The first-order chi connectivity index (χ1) is 14.4. The number of likely N-dealkylation sites (tertiary alicyclic amines) is 2. The van der Waals surface area contributed by atoms with Crippen molar-refractivity contribution in [3.8, 4) is 10.4 Å². The second kappa shape index (κ2) is 9.03. The molecule has 2 aromatic rings. The lowest BCUT2D eigenvalue weighted by Crippen LogP contribution is -2.41. The average molecular weight is 428 g/mol. The molecule has 2 fully saturated rings. The molecule has 30 heavy (non-hydrogen) atoms. The first-order valence-corrected chi connectivity index (χ1v) is 11.5. The number of piperidine rings is 1. The van der Waals surface area contributed by atoms with E-state index in [1.807, 2.05) is 18.9 Å². The van der Waals surface area contributed by atoms with Crippen molar-refractivity contribution < 1.29 is 14.9 Å². The highest BCUT2D eigenvalue weighted by molar-refractivity contribution is 7.12. The van der Waals surface area contributed by atoms with Gasteiger partial charge in [0, 0.05) is 36.9 Å². The summed E-state index contributed by atoms with van der Waals surface area (Å²) in [6, 6.07) is 6.36. The molecule has 7 heteroatoms. The minimum absolute atomic E-state index is 0.000329. The van der Waals surface area contributed by atoms with Gasteiger partial charge < -0.3 is 15.3 Å². The van der Waals surface area contributed by atoms with E-state index in [0.717, 1.165) is 31.6 Å². The normalized spacial score (nSPS) is 23.5. The molecule has 2 aliphatic rings. The Morgan fingerprint density at radius 3 is 2.73 bits per heavy atom. The fourth-order valence-electron chi connectivity index (χ4n) is 4.71. The van der Waals surface area contributed by atoms with E-state index in [2.05, 4.69) is 46.0 Å². The molecule has 0 bridgehead atoms. The van der Waals surface area contributed by atoms with E-state index in [-0.39, 0.29) is 11.9 Å². The molecule has 6 nitrogen and oxygen atoms in total. The monoisotopic (exact) mass is 427 g/mol. The van der Waals surface area contributed by atoms with Gasteiger partial charge in [-0.05, 0) is 74.5 Å². The smallest absolute Gasteiger partial charge is 0.382 e. The number of benzene rings is 1. The maximum Gasteiger partial charge on any atom is 0.382 e. The topological polar surface area (TPSA) is 69.9 Å². The first kappa shape index (κ1) is 21.3. The van der Waals surface area contributed by atoms with Gasteiger partial charge in [0.05, 0.1) is 12.1 Å². The van der Waals surface area contributed by atoms with Gasteiger partial charge in [-0.25, -0.2) is 0 Å². The van der Waals surface area contributed by atoms with Crippen LogP contribution in [0.4, 0.5) is 0 Å². The molecule has 0 aliphatic carbocycles. The predicted molar refractivity (Wildman–Crippen MR) is 117 cm³/mol. The molecule has 4 rings (SSSR count). The summed E-state index contributed by atoms with van der Waals surface area (Å²) in [5.41, 5.74) is 7.73. The number of rotatable bonds is 5. The van der Waals surface area contributed by atoms with Crippen molar-refractivity contribution in [1.82, 2.24) is 15.1 Å². The van der Waals surface area contributed by atoms with E-state index in [9.17, 15) is 9.90 Å². The Balaban J connectivity index is 1.55. The number of nitrogens with zero attached hydrogens (tertiary/aromatic N) is 3. The summed E-state index contributed by atoms with van der Waals surface area (Å²) >= 11 is 1.56. The Labute approximate surface area is 182 Å². The van der Waals surface area contributed by atoms with Crippen molar-refractivity contribution in [2.75, 3.05) is 33.7 Å². The Kier molecular flexibility index (Phi) is 6.40. The lowest BCUT2D eigenvalue weighted by atomic mass is 9.85. The van der Waals surface area contributed by atoms with Crippen LogP contribution in [0.3, 0.4) is 0 Å². The number of hydrogen-bond acceptors (Lipinski definition) is 5. The van der Waals surface area contributed by atoms with Crippen molar-refractivity contribution in [2.24, 2.45) is 0 Å². The maximum absolute atomic E-state index is 12.7. The summed E-state index contributed by atoms with van der Waals surface area (Å²) in [4.78, 5) is 22.5. The van der Waals surface area contributed by atoms with E-state index < -0.39 is 6.10 Å². The summed E-state index contributed by atoms with van der Waals surface area (Å²) < 4.78 is 0. The Morgan fingerprint density at radius 2 is 2.10 bits per heavy atom. The molecule has 0 radical (unpaired) electrons. The van der Waals surface area contributed by atoms with Crippen LogP contribution in [0.5, 0.6) is 0 Å². The number of hydrogen-bond donors (Lipinski definition) is 2. The molecule has 0 spiro atoms. The molecular weight excluding hydrogens is 396 g/mol. The summed E-state index contributed by atoms with van der Waals surface area (Å²) in [7, 11) is 4.07. The highest BCUT2D eigenvalue weighted by atomic mass is 32.1. The molecule has 0 saturated carbocycles. The minimum Gasteiger partial charge on any atom is -0.392 e. The van der Waals surface area contributed by atoms with Gasteiger partial charge in [0.25, 0.3) is 0 Å². The molecule has 1 aromatic carbocycles. The van der Waals surface area contributed by atoms with Crippen molar-refractivity contribution in [2.45, 2.75) is 50.8 Å². The third-order valence-corrected chi connectivity index (χ3v) is 7.46. The van der Waals surface area contributed by atoms with Crippen LogP contribution in [0.15, 0.2) is 18.2 Å². The van der Waals surface area contributed by atoms with Gasteiger partial charge in [-0.1, -0.05) is 12.1 Å². The van der Waals surface area contributed by atoms with Crippen molar-refractivity contribution in [3.63, 3.8) is 0 Å². The second-order valence-electron chi connectivity index (χ2n) is 8.77. The fourth-order valence-corrected chi connectivity index (χ4v) is 5.42. The number of amides is 1. The molecule has 2 aliphatic heterocycles. The average Bonchev–Trinajstić information content (AvgIpc) is 3.31. The van der Waals surface area contributed by atoms with Crippen LogP contribution in [0, 0.1) is 12.4 Å². The molecule has 160 valence electrons. The summed E-state index contributed by atoms with van der Waals surface area (Å²) in [5.74, 6) is 0.501. The lowest BCUT2D eigenvalue weighted by molar-refractivity contribution is -0.299. The maximum atomic E-state index is 12.7. The van der Waals surface area contributed by atoms with Crippen LogP contribution in [-0.2, 0) is 11.3 Å². The quantitative estimate of drug-likeness (QED) is 0.759. The Morgan fingerprint density at radius 1 is 1.33 bits per heavy atom. The lowest BCUT2D eigenvalue weighted by Gasteiger charge is -2.31. The van der Waals surface area contributed by atoms with Gasteiger partial charge in [-0.3, -0.25) is 9.69 Å². The Bertz CT molecular complexity index is 891. The molecule has 1 amide bonds. The molecule has 2 saturated heterocycles. The Hall–Kier alpha value is -1.98. The standard InChI is InChI=1S/C23H30N4O2S/c1-15-22(30-14-25-15)17-4-5-18(20(10-17)16-6-8-26(2)9-7-16)12-24-23(29)21-11-19(28)13-27(21)3/h4-5,10,16,19,21,28H,6-9,11-13H2,1-3H3/p+1. The van der Waals surface area contributed by atoms with E-state index in [0.29, 0.717) is 25.4 Å². The zero-order valence-corrected chi connectivity index (χ0v) is 18.8. The highest BCUT2D eigenvalue weighted by Gasteiger charge is 2.33. The second-order valence-corrected chi connectivity index (χ2v) is 9.57. The van der Waals surface area contributed by atoms with Crippen LogP contribution in [0.2, 0.25) is 0 Å². The molecular formula is C23H31N4O2S+. The number of nitrogens with one attached hydrogen (secondary N) is 1. The molecule has 3 heterocycles. The van der Waals surface area contributed by atoms with Crippen molar-refractivity contribution in [1.29, 1.82) is 0 Å². The zero-order valence-electron chi connectivity index (χ0n) is 18.0. The number of β-amino-alcohol motifs (C(OH)–C–C–N with tert-alkyl or cyclic N) is 1. The van der Waals surface area contributed by atoms with Crippen molar-refractivity contribution >= 4 is 17.2 Å². The third-order valence-electron chi connectivity index (χ3n) is 6.54. The van der Waals surface area contributed by atoms with Crippen LogP contribution < -0.4 is 10.3 Å². The van der Waals surface area contributed by atoms with E-state index in [4.69, 9.17) is 0 Å². The number of aromatic nitrogens is 1. The van der Waals surface area contributed by atoms with E-state index in [1.54, 1.807) is 11.3 Å². The van der Waals surface area contributed by atoms with Crippen LogP contribution in [0.25, 0.3) is 10.4 Å². The molecule has 2 atom stereocenters. The fraction of sp³-hybridized carbons (Fsp3) is 0.565. The van der Waals surface area contributed by atoms with Gasteiger partial charge in [0.2, 0.25) is 5.91 Å². The highest BCUT2D eigenvalue weighted by Crippen LogP contribution is 2.34. The van der Waals surface area contributed by atoms with Crippen molar-refractivity contribution in [3.05, 3.63) is 40.5 Å². The van der Waals surface area contributed by atoms with E-state index in [1.165, 1.54) is 21.6 Å². The van der Waals surface area contributed by atoms with Gasteiger partial charge >= 0.3 is 11.2 Å². The summed E-state index contributed by atoms with van der Waals surface area (Å²) in [6.45, 7) is 5.30. The van der Waals surface area contributed by atoms with Crippen LogP contribution in [0.1, 0.15) is 42.0 Å². The third kappa shape index (κ3) is 4.52. The first-order valence-electron chi connectivity index (χ1n) is 10.7. The van der Waals surface area contributed by atoms with Crippen LogP contribution >= 0.6 is 11.3 Å². The number of carbonyl (C=O) groups excluding carboxylic acids is 1. The molecule has 1 aromatic heterocycles. The van der Waals surface area contributed by atoms with Gasteiger partial charge in [-0.15, -0.1) is 0 Å². The molecule has 2 N–H and O–H groups in total.